The van der Waals surface area contributed by atoms with E-state index in [4.69, 9.17) is 4.74 Å². The van der Waals surface area contributed by atoms with Crippen LogP contribution in [0.3, 0.4) is 0 Å². The van der Waals surface area contributed by atoms with Gasteiger partial charge in [-0.25, -0.2) is 4.79 Å². The zero-order valence-corrected chi connectivity index (χ0v) is 21.2. The van der Waals surface area contributed by atoms with Crippen LogP contribution in [0, 0.1) is 0 Å². The fourth-order valence-corrected chi connectivity index (χ4v) is 4.61. The van der Waals surface area contributed by atoms with Crippen molar-refractivity contribution in [3.8, 4) is 11.3 Å². The molecule has 0 saturated carbocycles. The van der Waals surface area contributed by atoms with Crippen LogP contribution in [0.5, 0.6) is 0 Å². The van der Waals surface area contributed by atoms with Crippen molar-refractivity contribution in [2.45, 2.75) is 18.8 Å². The van der Waals surface area contributed by atoms with E-state index in [0.29, 0.717) is 48.0 Å². The van der Waals surface area contributed by atoms with Gasteiger partial charge in [0.2, 0.25) is 0 Å². The Morgan fingerprint density at radius 3 is 2.49 bits per heavy atom. The van der Waals surface area contributed by atoms with Gasteiger partial charge >= 0.3 is 18.3 Å². The number of rotatable bonds is 5. The van der Waals surface area contributed by atoms with E-state index in [9.17, 15) is 35.9 Å². The van der Waals surface area contributed by atoms with Crippen molar-refractivity contribution in [3.05, 3.63) is 70.7 Å². The Morgan fingerprint density at radius 2 is 1.78 bits per heavy atom. The maximum Gasteiger partial charge on any atom is 0.493 e. The van der Waals surface area contributed by atoms with Crippen molar-refractivity contribution in [1.82, 2.24) is 15.0 Å². The largest absolute Gasteiger partial charge is 0.493 e. The van der Waals surface area contributed by atoms with E-state index in [2.05, 4.69) is 15.1 Å². The summed E-state index contributed by atoms with van der Waals surface area (Å²) in [5.41, 5.74) is 0.850. The zero-order chi connectivity index (χ0) is 29.4. The number of morpholine rings is 1. The number of fused-ring (bicyclic) bond motifs is 1. The summed E-state index contributed by atoms with van der Waals surface area (Å²) in [6.07, 6.45) is -5.18. The molecule has 5 rings (SSSR count). The molecule has 2 aliphatic heterocycles. The molecule has 14 heteroatoms. The molecule has 1 fully saturated rings. The molecule has 216 valence electrons. The number of alkyl halides is 6. The molecular weight excluding hydrogens is 558 g/mol. The van der Waals surface area contributed by atoms with Gasteiger partial charge in [-0.1, -0.05) is 12.1 Å². The van der Waals surface area contributed by atoms with Gasteiger partial charge in [0.15, 0.2) is 0 Å². The van der Waals surface area contributed by atoms with E-state index in [1.807, 2.05) is 0 Å². The van der Waals surface area contributed by atoms with E-state index >= 15 is 0 Å². The third kappa shape index (κ3) is 6.06. The number of anilines is 1. The predicted molar refractivity (Wildman–Crippen MR) is 135 cm³/mol. The number of carbonyl (C=O) groups is 2. The fourth-order valence-electron chi connectivity index (χ4n) is 4.61. The lowest BCUT2D eigenvalue weighted by Crippen LogP contribution is -2.37. The van der Waals surface area contributed by atoms with Crippen LogP contribution in [0.4, 0.5) is 32.0 Å². The van der Waals surface area contributed by atoms with Gasteiger partial charge < -0.3 is 19.8 Å². The summed E-state index contributed by atoms with van der Waals surface area (Å²) in [5, 5.41) is 2.59. The van der Waals surface area contributed by atoms with Crippen LogP contribution in [-0.2, 0) is 22.1 Å². The number of nitrogens with one attached hydrogen (secondary N) is 1. The standard InChI is InChI=1S/C27H22F6N4O4/c28-26(29,30)18-3-1-16(22(14-18)36-9-11-40-12-10-36)2-4-19-13-17(5-7-34-19)23-15-20-21(6-8-35-24(20)38)37(23)41-25(39)27(31,32)33/h1-5,7,13-15H,6,8-12H2,(H,35,38). The van der Waals surface area contributed by atoms with Crippen LogP contribution >= 0.6 is 0 Å². The van der Waals surface area contributed by atoms with Gasteiger partial charge in [0.05, 0.1) is 41.4 Å². The molecule has 0 spiro atoms. The van der Waals surface area contributed by atoms with Crippen LogP contribution in [0.15, 0.2) is 42.6 Å². The molecule has 2 aromatic heterocycles. The summed E-state index contributed by atoms with van der Waals surface area (Å²) in [6, 6.07) is 7.68. The van der Waals surface area contributed by atoms with Crippen molar-refractivity contribution in [1.29, 1.82) is 0 Å². The first-order chi connectivity index (χ1) is 19.4. The second-order valence-corrected chi connectivity index (χ2v) is 9.24. The van der Waals surface area contributed by atoms with Crippen molar-refractivity contribution in [2.24, 2.45) is 0 Å². The fraction of sp³-hybridized carbons (Fsp3) is 0.296. The van der Waals surface area contributed by atoms with E-state index in [1.54, 1.807) is 11.0 Å². The van der Waals surface area contributed by atoms with Crippen LogP contribution < -0.4 is 15.1 Å². The molecule has 4 heterocycles. The minimum Gasteiger partial charge on any atom is -0.378 e. The van der Waals surface area contributed by atoms with Gasteiger partial charge in [0, 0.05) is 43.5 Å². The maximum absolute atomic E-state index is 13.4. The first kappa shape index (κ1) is 28.2. The second kappa shape index (κ2) is 10.9. The van der Waals surface area contributed by atoms with Crippen molar-refractivity contribution < 1.29 is 45.5 Å². The maximum atomic E-state index is 13.4. The summed E-state index contributed by atoms with van der Waals surface area (Å²) >= 11 is 0. The summed E-state index contributed by atoms with van der Waals surface area (Å²) in [4.78, 5) is 34.7. The first-order valence-electron chi connectivity index (χ1n) is 12.4. The second-order valence-electron chi connectivity index (χ2n) is 9.24. The van der Waals surface area contributed by atoms with Crippen LogP contribution in [0.2, 0.25) is 0 Å². The van der Waals surface area contributed by atoms with Crippen molar-refractivity contribution >= 4 is 29.7 Å². The molecule has 0 bridgehead atoms. The minimum absolute atomic E-state index is 0.0187. The van der Waals surface area contributed by atoms with Gasteiger partial charge in [0.1, 0.15) is 0 Å². The summed E-state index contributed by atoms with van der Waals surface area (Å²) < 4.78 is 85.3. The van der Waals surface area contributed by atoms with E-state index in [0.717, 1.165) is 12.1 Å². The lowest BCUT2D eigenvalue weighted by molar-refractivity contribution is -0.199. The lowest BCUT2D eigenvalue weighted by atomic mass is 10.1. The number of hydrogen-bond donors (Lipinski definition) is 1. The number of carbonyl (C=O) groups excluding carboxylic acids is 2. The van der Waals surface area contributed by atoms with E-state index < -0.39 is 29.8 Å². The molecule has 0 atom stereocenters. The molecule has 8 nitrogen and oxygen atoms in total. The number of hydrogen-bond acceptors (Lipinski definition) is 6. The monoisotopic (exact) mass is 580 g/mol. The Bertz CT molecular complexity index is 1510. The topological polar surface area (TPSA) is 85.7 Å². The molecule has 1 amide bonds. The molecule has 1 aromatic carbocycles. The number of benzene rings is 1. The molecule has 0 aliphatic carbocycles. The summed E-state index contributed by atoms with van der Waals surface area (Å²) in [6.45, 7) is 1.68. The average molecular weight is 580 g/mol. The normalized spacial score (nSPS) is 16.0. The smallest absolute Gasteiger partial charge is 0.378 e. The number of nitrogens with zero attached hydrogens (tertiary/aromatic N) is 3. The van der Waals surface area contributed by atoms with E-state index in [-0.39, 0.29) is 35.5 Å². The number of ether oxygens (including phenoxy) is 1. The molecular formula is C27H22F6N4O4. The minimum atomic E-state index is -5.27. The summed E-state index contributed by atoms with van der Waals surface area (Å²) in [5.74, 6) is -2.98. The first-order valence-corrected chi connectivity index (χ1v) is 12.4. The highest BCUT2D eigenvalue weighted by molar-refractivity contribution is 5.98. The average Bonchev–Trinajstić information content (AvgIpc) is 3.31. The van der Waals surface area contributed by atoms with Gasteiger partial charge in [0.25, 0.3) is 5.91 Å². The predicted octanol–water partition coefficient (Wildman–Crippen LogP) is 4.38. The highest BCUT2D eigenvalue weighted by Gasteiger charge is 2.43. The lowest BCUT2D eigenvalue weighted by Gasteiger charge is -2.30. The van der Waals surface area contributed by atoms with Gasteiger partial charge in [-0.2, -0.15) is 31.1 Å². The molecule has 2 aliphatic rings. The molecule has 1 saturated heterocycles. The summed E-state index contributed by atoms with van der Waals surface area (Å²) in [7, 11) is 0. The highest BCUT2D eigenvalue weighted by Crippen LogP contribution is 2.35. The number of aromatic nitrogens is 2. The number of pyridine rings is 1. The third-order valence-electron chi connectivity index (χ3n) is 6.57. The van der Waals surface area contributed by atoms with Crippen molar-refractivity contribution in [3.63, 3.8) is 0 Å². The molecule has 0 radical (unpaired) electrons. The molecule has 3 aromatic rings. The SMILES string of the molecule is O=C1NCCc2c1cc(-c1ccnc(C=Cc3ccc(C(F)(F)F)cc3N3CCOCC3)c1)n2OC(=O)C(F)(F)F. The third-order valence-corrected chi connectivity index (χ3v) is 6.57. The Kier molecular flexibility index (Phi) is 7.51. The quantitative estimate of drug-likeness (QED) is 0.451. The highest BCUT2D eigenvalue weighted by atomic mass is 19.4. The Hall–Kier alpha value is -4.33. The molecule has 1 N–H and O–H groups in total. The Balaban J connectivity index is 1.51. The van der Waals surface area contributed by atoms with Gasteiger partial charge in [-0.05, 0) is 42.0 Å². The Morgan fingerprint density at radius 1 is 1.02 bits per heavy atom. The number of halogens is 6. The van der Waals surface area contributed by atoms with Gasteiger partial charge in [-0.3, -0.25) is 9.78 Å². The number of amides is 1. The van der Waals surface area contributed by atoms with Crippen LogP contribution in [0.25, 0.3) is 23.4 Å². The van der Waals surface area contributed by atoms with Crippen LogP contribution in [0.1, 0.15) is 32.9 Å². The van der Waals surface area contributed by atoms with Gasteiger partial charge in [-0.15, -0.1) is 0 Å². The zero-order valence-electron chi connectivity index (χ0n) is 21.2. The van der Waals surface area contributed by atoms with E-state index in [1.165, 1.54) is 36.5 Å². The molecule has 0 unspecified atom stereocenters. The van der Waals surface area contributed by atoms with Crippen LogP contribution in [-0.4, -0.2) is 60.6 Å². The van der Waals surface area contributed by atoms with Crippen molar-refractivity contribution in [2.75, 3.05) is 37.7 Å². The Labute approximate surface area is 229 Å². The molecule has 41 heavy (non-hydrogen) atoms.